The molecule has 0 radical (unpaired) electrons. The van der Waals surface area contributed by atoms with Crippen molar-refractivity contribution in [2.45, 2.75) is 102 Å². The van der Waals surface area contributed by atoms with Crippen LogP contribution in [0, 0.1) is 29.4 Å². The van der Waals surface area contributed by atoms with Crippen molar-refractivity contribution >= 4 is 0 Å². The molecule has 4 rings (SSSR count). The number of hydrogen-bond donors (Lipinski definition) is 0. The molecule has 0 aliphatic heterocycles. The minimum absolute atomic E-state index is 0.0583. The fraction of sp³-hybridized carbons (Fsp3) is 0.769. The minimum atomic E-state index is -0.274. The van der Waals surface area contributed by atoms with E-state index in [1.807, 2.05) is 7.11 Å². The van der Waals surface area contributed by atoms with Crippen LogP contribution in [0.15, 0.2) is 6.07 Å². The van der Waals surface area contributed by atoms with E-state index in [1.54, 1.807) is 6.07 Å². The lowest BCUT2D eigenvalue weighted by Crippen LogP contribution is -2.33. The van der Waals surface area contributed by atoms with E-state index < -0.39 is 0 Å². The Bertz CT molecular complexity index is 700. The third-order valence-electron chi connectivity index (χ3n) is 8.28. The zero-order chi connectivity index (χ0) is 20.4. The molecular weight excluding hydrogens is 366 g/mol. The molecule has 3 heteroatoms. The van der Waals surface area contributed by atoms with Crippen molar-refractivity contribution in [3.8, 4) is 0 Å². The fourth-order valence-electron chi connectivity index (χ4n) is 6.57. The maximum atomic E-state index is 15.5. The number of fused-ring (bicyclic) bond motifs is 2. The maximum absolute atomic E-state index is 15.5. The number of methoxy groups -OCH3 is 1. The van der Waals surface area contributed by atoms with Gasteiger partial charge in [-0.05, 0) is 98.7 Å². The number of halogens is 2. The molecule has 2 fully saturated rings. The smallest absolute Gasteiger partial charge is 0.133 e. The predicted molar refractivity (Wildman–Crippen MR) is 114 cm³/mol. The Balaban J connectivity index is 1.47. The summed E-state index contributed by atoms with van der Waals surface area (Å²) < 4.78 is 36.2. The minimum Gasteiger partial charge on any atom is -0.381 e. The average molecular weight is 405 g/mol. The molecule has 1 nitrogen and oxygen atoms in total. The zero-order valence-electron chi connectivity index (χ0n) is 18.3. The number of unbranched alkanes of at least 4 members (excludes halogenated alkanes) is 2. The first-order valence-corrected chi connectivity index (χ1v) is 12.1. The monoisotopic (exact) mass is 404 g/mol. The Morgan fingerprint density at radius 1 is 1.00 bits per heavy atom. The van der Waals surface area contributed by atoms with Crippen LogP contribution in [0.25, 0.3) is 0 Å². The fourth-order valence-corrected chi connectivity index (χ4v) is 6.57. The van der Waals surface area contributed by atoms with Crippen molar-refractivity contribution in [1.82, 2.24) is 0 Å². The number of rotatable bonds is 6. The van der Waals surface area contributed by atoms with Gasteiger partial charge in [0.2, 0.25) is 0 Å². The lowest BCUT2D eigenvalue weighted by molar-refractivity contribution is 0.0119. The highest BCUT2D eigenvalue weighted by atomic mass is 19.1. The molecule has 162 valence electrons. The highest BCUT2D eigenvalue weighted by molar-refractivity contribution is 5.39. The predicted octanol–water partition coefficient (Wildman–Crippen LogP) is 7.35. The van der Waals surface area contributed by atoms with Crippen molar-refractivity contribution in [1.29, 1.82) is 0 Å². The molecule has 2 saturated carbocycles. The summed E-state index contributed by atoms with van der Waals surface area (Å²) in [6.45, 7) is 2.22. The van der Waals surface area contributed by atoms with Crippen molar-refractivity contribution in [3.05, 3.63) is 34.4 Å². The first kappa shape index (κ1) is 21.3. The number of benzene rings is 1. The molecule has 3 aliphatic carbocycles. The van der Waals surface area contributed by atoms with Gasteiger partial charge in [0.05, 0.1) is 6.10 Å². The van der Waals surface area contributed by atoms with Gasteiger partial charge < -0.3 is 4.74 Å². The molecule has 29 heavy (non-hydrogen) atoms. The zero-order valence-corrected chi connectivity index (χ0v) is 18.3. The van der Waals surface area contributed by atoms with E-state index in [0.717, 1.165) is 68.9 Å². The van der Waals surface area contributed by atoms with Crippen LogP contribution in [0.4, 0.5) is 8.78 Å². The van der Waals surface area contributed by atoms with Crippen LogP contribution in [-0.2, 0) is 17.6 Å². The molecule has 0 N–H and O–H groups in total. The van der Waals surface area contributed by atoms with E-state index in [0.29, 0.717) is 29.4 Å². The van der Waals surface area contributed by atoms with Gasteiger partial charge in [0.25, 0.3) is 0 Å². The Morgan fingerprint density at radius 3 is 2.59 bits per heavy atom. The summed E-state index contributed by atoms with van der Waals surface area (Å²) in [5.41, 5.74) is 2.20. The van der Waals surface area contributed by atoms with Gasteiger partial charge in [-0.15, -0.1) is 0 Å². The molecule has 0 bridgehead atoms. The first-order chi connectivity index (χ1) is 14.1. The quantitative estimate of drug-likeness (QED) is 0.450. The van der Waals surface area contributed by atoms with Crippen LogP contribution in [-0.4, -0.2) is 13.2 Å². The van der Waals surface area contributed by atoms with Gasteiger partial charge in [-0.2, -0.15) is 0 Å². The third-order valence-corrected chi connectivity index (χ3v) is 8.28. The number of hydrogen-bond acceptors (Lipinski definition) is 1. The molecule has 1 aromatic rings. The molecule has 0 spiro atoms. The molecule has 0 amide bonds. The summed E-state index contributed by atoms with van der Waals surface area (Å²) >= 11 is 0. The second-order valence-electron chi connectivity index (χ2n) is 10.0. The van der Waals surface area contributed by atoms with E-state index >= 15 is 8.78 Å². The van der Waals surface area contributed by atoms with Gasteiger partial charge >= 0.3 is 0 Å². The summed E-state index contributed by atoms with van der Waals surface area (Å²) in [7, 11) is 1.81. The van der Waals surface area contributed by atoms with Gasteiger partial charge in [-0.1, -0.05) is 32.6 Å². The van der Waals surface area contributed by atoms with E-state index in [9.17, 15) is 0 Å². The number of ether oxygens (including phenoxy) is 1. The highest BCUT2D eigenvalue weighted by Gasteiger charge is 2.38. The van der Waals surface area contributed by atoms with Crippen molar-refractivity contribution in [2.24, 2.45) is 17.8 Å². The van der Waals surface area contributed by atoms with Crippen LogP contribution < -0.4 is 0 Å². The van der Waals surface area contributed by atoms with Gasteiger partial charge in [0.15, 0.2) is 0 Å². The second-order valence-corrected chi connectivity index (χ2v) is 10.0. The SMILES string of the molecule is CCCCCC1CCc2c(cc(F)c(C3CCC4CC(OC)CCC4C3)c2F)C1. The van der Waals surface area contributed by atoms with Crippen molar-refractivity contribution in [3.63, 3.8) is 0 Å². The highest BCUT2D eigenvalue weighted by Crippen LogP contribution is 2.48. The van der Waals surface area contributed by atoms with Gasteiger partial charge in [0, 0.05) is 12.7 Å². The van der Waals surface area contributed by atoms with Crippen LogP contribution in [0.5, 0.6) is 0 Å². The van der Waals surface area contributed by atoms with Crippen molar-refractivity contribution in [2.75, 3.05) is 7.11 Å². The maximum Gasteiger partial charge on any atom is 0.133 e. The third kappa shape index (κ3) is 4.55. The lowest BCUT2D eigenvalue weighted by Gasteiger charge is -2.42. The molecule has 0 saturated heterocycles. The summed E-state index contributed by atoms with van der Waals surface area (Å²) in [6.07, 6.45) is 14.4. The molecular formula is C26H38F2O. The van der Waals surface area contributed by atoms with Gasteiger partial charge in [-0.3, -0.25) is 0 Å². The Kier molecular flexibility index (Phi) is 6.94. The second kappa shape index (κ2) is 9.45. The van der Waals surface area contributed by atoms with Crippen LogP contribution in [0.3, 0.4) is 0 Å². The Labute approximate surface area is 175 Å². The summed E-state index contributed by atoms with van der Waals surface area (Å²) in [5.74, 6) is 1.48. The molecule has 5 atom stereocenters. The average Bonchev–Trinajstić information content (AvgIpc) is 2.73. The topological polar surface area (TPSA) is 9.23 Å². The van der Waals surface area contributed by atoms with E-state index in [-0.39, 0.29) is 17.6 Å². The summed E-state index contributed by atoms with van der Waals surface area (Å²) in [5, 5.41) is 0. The Hall–Kier alpha value is -0.960. The largest absolute Gasteiger partial charge is 0.381 e. The van der Waals surface area contributed by atoms with Gasteiger partial charge in [0.1, 0.15) is 11.6 Å². The standard InChI is InChI=1S/C26H38F2O/c1-3-4-5-6-17-7-12-23-21(13-17)16-24(27)25(26(23)28)20-9-8-19-15-22(29-2)11-10-18(19)14-20/h16-20,22H,3-15H2,1-2H3. The normalized spacial score (nSPS) is 31.9. The molecule has 1 aromatic carbocycles. The molecule has 0 heterocycles. The molecule has 3 aliphatic rings. The van der Waals surface area contributed by atoms with Crippen LogP contribution in [0.1, 0.15) is 100 Å². The first-order valence-electron chi connectivity index (χ1n) is 12.1. The lowest BCUT2D eigenvalue weighted by atomic mass is 9.65. The van der Waals surface area contributed by atoms with Crippen LogP contribution >= 0.6 is 0 Å². The van der Waals surface area contributed by atoms with Crippen LogP contribution in [0.2, 0.25) is 0 Å². The summed E-state index contributed by atoms with van der Waals surface area (Å²) in [4.78, 5) is 0. The molecule has 5 unspecified atom stereocenters. The van der Waals surface area contributed by atoms with Crippen molar-refractivity contribution < 1.29 is 13.5 Å². The molecule has 0 aromatic heterocycles. The van der Waals surface area contributed by atoms with Gasteiger partial charge in [-0.25, -0.2) is 8.78 Å². The van der Waals surface area contributed by atoms with E-state index in [2.05, 4.69) is 6.92 Å². The van der Waals surface area contributed by atoms with E-state index in [1.165, 1.54) is 25.7 Å². The van der Waals surface area contributed by atoms with E-state index in [4.69, 9.17) is 4.74 Å². The summed E-state index contributed by atoms with van der Waals surface area (Å²) in [6, 6.07) is 1.70. The Morgan fingerprint density at radius 2 is 1.79 bits per heavy atom.